The Morgan fingerprint density at radius 2 is 1.62 bits per heavy atom. The summed E-state index contributed by atoms with van der Waals surface area (Å²) in [6.07, 6.45) is 14.4. The van der Waals surface area contributed by atoms with Crippen LogP contribution in [0, 0.1) is 5.41 Å². The van der Waals surface area contributed by atoms with E-state index in [1.165, 1.54) is 57.8 Å². The Hall–Kier alpha value is -0.0800. The molecule has 0 bridgehead atoms. The van der Waals surface area contributed by atoms with E-state index in [0.717, 1.165) is 6.42 Å². The van der Waals surface area contributed by atoms with Gasteiger partial charge in [0.15, 0.2) is 0 Å². The molecule has 0 radical (unpaired) electrons. The van der Waals surface area contributed by atoms with Gasteiger partial charge in [-0.2, -0.15) is 0 Å². The van der Waals surface area contributed by atoms with Crippen molar-refractivity contribution in [3.63, 3.8) is 0 Å². The molecule has 2 atom stereocenters. The van der Waals surface area contributed by atoms with Crippen LogP contribution in [0.3, 0.4) is 0 Å². The van der Waals surface area contributed by atoms with E-state index in [1.807, 2.05) is 0 Å². The molecule has 2 heteroatoms. The van der Waals surface area contributed by atoms with Crippen molar-refractivity contribution in [2.24, 2.45) is 11.1 Å². The van der Waals surface area contributed by atoms with E-state index >= 15 is 0 Å². The summed E-state index contributed by atoms with van der Waals surface area (Å²) in [6, 6.07) is 0.427. The van der Waals surface area contributed by atoms with E-state index in [9.17, 15) is 0 Å². The van der Waals surface area contributed by atoms with Crippen molar-refractivity contribution in [1.82, 2.24) is 0 Å². The van der Waals surface area contributed by atoms with Crippen molar-refractivity contribution in [1.29, 1.82) is 0 Å². The summed E-state index contributed by atoms with van der Waals surface area (Å²) in [6.45, 7) is 0. The lowest BCUT2D eigenvalue weighted by Crippen LogP contribution is -2.63. The van der Waals surface area contributed by atoms with Gasteiger partial charge in [-0.25, -0.2) is 0 Å². The summed E-state index contributed by atoms with van der Waals surface area (Å²) in [7, 11) is 0. The first kappa shape index (κ1) is 11.0. The van der Waals surface area contributed by atoms with Gasteiger partial charge in [-0.15, -0.1) is 0 Å². The average Bonchev–Trinajstić information content (AvgIpc) is 2.48. The summed E-state index contributed by atoms with van der Waals surface area (Å²) in [5.74, 6) is 0. The van der Waals surface area contributed by atoms with Crippen molar-refractivity contribution in [2.45, 2.75) is 82.5 Å². The third kappa shape index (κ3) is 1.70. The molecule has 1 spiro atoms. The minimum Gasteiger partial charge on any atom is -0.374 e. The van der Waals surface area contributed by atoms with Crippen LogP contribution in [-0.2, 0) is 4.74 Å². The molecule has 3 saturated carbocycles. The minimum atomic E-state index is 0.381. The number of rotatable bonds is 2. The zero-order valence-electron chi connectivity index (χ0n) is 10.3. The van der Waals surface area contributed by atoms with Gasteiger partial charge in [-0.3, -0.25) is 0 Å². The summed E-state index contributed by atoms with van der Waals surface area (Å²) in [4.78, 5) is 0. The minimum absolute atomic E-state index is 0.381. The molecule has 3 aliphatic carbocycles. The van der Waals surface area contributed by atoms with Crippen LogP contribution in [0.1, 0.15) is 64.2 Å². The number of hydrogen-bond donors (Lipinski definition) is 1. The lowest BCUT2D eigenvalue weighted by molar-refractivity contribution is -0.176. The maximum atomic E-state index is 6.30. The van der Waals surface area contributed by atoms with Gasteiger partial charge in [-0.05, 0) is 38.5 Å². The van der Waals surface area contributed by atoms with Crippen LogP contribution < -0.4 is 5.73 Å². The topological polar surface area (TPSA) is 35.2 Å². The van der Waals surface area contributed by atoms with Crippen molar-refractivity contribution in [2.75, 3.05) is 0 Å². The van der Waals surface area contributed by atoms with Crippen LogP contribution >= 0.6 is 0 Å². The number of hydrogen-bond acceptors (Lipinski definition) is 2. The molecule has 0 amide bonds. The number of ether oxygens (including phenoxy) is 1. The first-order valence-electron chi connectivity index (χ1n) is 7.22. The largest absolute Gasteiger partial charge is 0.374 e. The van der Waals surface area contributed by atoms with Gasteiger partial charge in [0.2, 0.25) is 0 Å². The van der Waals surface area contributed by atoms with Gasteiger partial charge in [0, 0.05) is 11.5 Å². The van der Waals surface area contributed by atoms with Crippen molar-refractivity contribution >= 4 is 0 Å². The monoisotopic (exact) mass is 223 g/mol. The molecule has 3 aliphatic rings. The molecule has 0 aromatic heterocycles. The SMILES string of the molecule is NC1CC(OC2CCC2)C12CCCCCC2. The molecular weight excluding hydrogens is 198 g/mol. The Morgan fingerprint density at radius 3 is 2.12 bits per heavy atom. The van der Waals surface area contributed by atoms with Gasteiger partial charge >= 0.3 is 0 Å². The van der Waals surface area contributed by atoms with Crippen LogP contribution in [0.25, 0.3) is 0 Å². The maximum Gasteiger partial charge on any atom is 0.0664 e. The Kier molecular flexibility index (Phi) is 2.97. The van der Waals surface area contributed by atoms with Gasteiger partial charge in [0.1, 0.15) is 0 Å². The van der Waals surface area contributed by atoms with Crippen molar-refractivity contribution in [3.05, 3.63) is 0 Å². The molecule has 3 rings (SSSR count). The predicted molar refractivity (Wildman–Crippen MR) is 65.2 cm³/mol. The van der Waals surface area contributed by atoms with Crippen LogP contribution in [0.4, 0.5) is 0 Å². The molecule has 16 heavy (non-hydrogen) atoms. The molecule has 0 saturated heterocycles. The molecule has 2 nitrogen and oxygen atoms in total. The highest BCUT2D eigenvalue weighted by molar-refractivity contribution is 5.07. The van der Waals surface area contributed by atoms with E-state index in [0.29, 0.717) is 23.7 Å². The fraction of sp³-hybridized carbons (Fsp3) is 1.00. The summed E-state index contributed by atoms with van der Waals surface area (Å²) < 4.78 is 6.26. The Balaban J connectivity index is 1.64. The van der Waals surface area contributed by atoms with Crippen LogP contribution in [0.2, 0.25) is 0 Å². The zero-order valence-corrected chi connectivity index (χ0v) is 10.3. The van der Waals surface area contributed by atoms with Crippen molar-refractivity contribution < 1.29 is 4.74 Å². The van der Waals surface area contributed by atoms with Crippen molar-refractivity contribution in [3.8, 4) is 0 Å². The van der Waals surface area contributed by atoms with Crippen LogP contribution in [0.15, 0.2) is 0 Å². The first-order valence-corrected chi connectivity index (χ1v) is 7.22. The van der Waals surface area contributed by atoms with E-state index in [1.54, 1.807) is 0 Å². The third-order valence-electron chi connectivity index (χ3n) is 5.29. The zero-order chi connectivity index (χ0) is 11.0. The van der Waals surface area contributed by atoms with Gasteiger partial charge < -0.3 is 10.5 Å². The summed E-state index contributed by atoms with van der Waals surface area (Å²) in [5.41, 5.74) is 6.68. The van der Waals surface area contributed by atoms with E-state index in [2.05, 4.69) is 0 Å². The van der Waals surface area contributed by atoms with E-state index in [-0.39, 0.29) is 0 Å². The Morgan fingerprint density at radius 1 is 0.938 bits per heavy atom. The van der Waals surface area contributed by atoms with E-state index in [4.69, 9.17) is 10.5 Å². The Bertz CT molecular complexity index is 241. The molecule has 0 aliphatic heterocycles. The standard InChI is InChI=1S/C14H25NO/c15-12-10-13(16-11-6-5-7-11)14(12)8-3-1-2-4-9-14/h11-13H,1-10,15H2. The van der Waals surface area contributed by atoms with Gasteiger partial charge in [0.25, 0.3) is 0 Å². The van der Waals surface area contributed by atoms with E-state index < -0.39 is 0 Å². The smallest absolute Gasteiger partial charge is 0.0664 e. The quantitative estimate of drug-likeness (QED) is 0.781. The second-order valence-electron chi connectivity index (χ2n) is 6.17. The molecule has 3 fully saturated rings. The molecular formula is C14H25NO. The van der Waals surface area contributed by atoms with Gasteiger partial charge in [0.05, 0.1) is 12.2 Å². The molecule has 0 heterocycles. The summed E-state index contributed by atoms with van der Waals surface area (Å²) in [5, 5.41) is 0. The molecule has 2 N–H and O–H groups in total. The fourth-order valence-corrected chi connectivity index (χ4v) is 3.79. The maximum absolute atomic E-state index is 6.30. The van der Waals surface area contributed by atoms with Gasteiger partial charge in [-0.1, -0.05) is 25.7 Å². The fourth-order valence-electron chi connectivity index (χ4n) is 3.79. The summed E-state index contributed by atoms with van der Waals surface area (Å²) >= 11 is 0. The predicted octanol–water partition coefficient (Wildman–Crippen LogP) is 3.00. The Labute approximate surface area is 98.9 Å². The molecule has 0 aromatic rings. The lowest BCUT2D eigenvalue weighted by atomic mass is 9.58. The molecule has 2 unspecified atom stereocenters. The second kappa shape index (κ2) is 4.30. The average molecular weight is 223 g/mol. The second-order valence-corrected chi connectivity index (χ2v) is 6.17. The number of nitrogens with two attached hydrogens (primary N) is 1. The third-order valence-corrected chi connectivity index (χ3v) is 5.29. The van der Waals surface area contributed by atoms with Crippen LogP contribution in [-0.4, -0.2) is 18.2 Å². The molecule has 0 aromatic carbocycles. The normalized spacial score (nSPS) is 38.8. The highest BCUT2D eigenvalue weighted by Gasteiger charge is 2.54. The molecule has 92 valence electrons. The highest BCUT2D eigenvalue weighted by Crippen LogP contribution is 2.52. The lowest BCUT2D eigenvalue weighted by Gasteiger charge is -2.56. The highest BCUT2D eigenvalue weighted by atomic mass is 16.5. The first-order chi connectivity index (χ1) is 7.81. The van der Waals surface area contributed by atoms with Crippen LogP contribution in [0.5, 0.6) is 0 Å².